The standard InChI is InChI=1S/C19H17F3N4O4S2/c1-11-8-16(26(24-11)18-23-6-7-31-18)25-10-12(9-14(25)17(27)28)32(29,30)15-5-3-2-4-13(15)19(20,21)22/h2-8,12,14H,9-10H2,1H3,(H,27,28)/t12-,14+/m1/s1. The van der Waals surface area contributed by atoms with Gasteiger partial charge in [-0.05, 0) is 25.5 Å². The average molecular weight is 486 g/mol. The summed E-state index contributed by atoms with van der Waals surface area (Å²) in [5, 5.41) is 14.9. The van der Waals surface area contributed by atoms with Crippen LogP contribution in [0.2, 0.25) is 0 Å². The van der Waals surface area contributed by atoms with E-state index >= 15 is 0 Å². The van der Waals surface area contributed by atoms with Crippen LogP contribution in [0.4, 0.5) is 19.0 Å². The summed E-state index contributed by atoms with van der Waals surface area (Å²) in [6.07, 6.45) is -3.69. The van der Waals surface area contributed by atoms with Crippen LogP contribution >= 0.6 is 11.3 Å². The molecule has 2 atom stereocenters. The van der Waals surface area contributed by atoms with E-state index < -0.39 is 43.7 Å². The highest BCUT2D eigenvalue weighted by Gasteiger charge is 2.47. The van der Waals surface area contributed by atoms with E-state index in [4.69, 9.17) is 0 Å². The van der Waals surface area contributed by atoms with E-state index in [2.05, 4.69) is 10.1 Å². The fourth-order valence-electron chi connectivity index (χ4n) is 3.79. The third-order valence-corrected chi connectivity index (χ3v) is 8.13. The molecule has 1 aliphatic rings. The van der Waals surface area contributed by atoms with E-state index in [0.29, 0.717) is 22.7 Å². The number of nitrogens with zero attached hydrogens (tertiary/aromatic N) is 4. The molecule has 2 aromatic heterocycles. The summed E-state index contributed by atoms with van der Waals surface area (Å²) in [4.78, 5) is 16.6. The first-order valence-corrected chi connectivity index (χ1v) is 11.8. The minimum Gasteiger partial charge on any atom is -0.480 e. The number of benzene rings is 1. The Morgan fingerprint density at radius 1 is 1.28 bits per heavy atom. The van der Waals surface area contributed by atoms with Crippen LogP contribution in [0.1, 0.15) is 17.7 Å². The normalized spacial score (nSPS) is 19.4. The van der Waals surface area contributed by atoms with Gasteiger partial charge in [-0.25, -0.2) is 18.2 Å². The van der Waals surface area contributed by atoms with Crippen LogP contribution in [0.25, 0.3) is 5.13 Å². The summed E-state index contributed by atoms with van der Waals surface area (Å²) in [6.45, 7) is 1.38. The Bertz CT molecular complexity index is 1260. The first-order valence-electron chi connectivity index (χ1n) is 9.36. The second-order valence-corrected chi connectivity index (χ2v) is 10.3. The van der Waals surface area contributed by atoms with E-state index in [0.717, 1.165) is 12.1 Å². The minimum absolute atomic E-state index is 0.304. The fourth-order valence-corrected chi connectivity index (χ4v) is 6.30. The number of thiazole rings is 1. The molecule has 1 fully saturated rings. The van der Waals surface area contributed by atoms with E-state index in [1.807, 2.05) is 0 Å². The number of carbonyl (C=O) groups is 1. The highest BCUT2D eigenvalue weighted by Crippen LogP contribution is 2.39. The third-order valence-electron chi connectivity index (χ3n) is 5.19. The van der Waals surface area contributed by atoms with Crippen molar-refractivity contribution in [2.24, 2.45) is 0 Å². The molecular weight excluding hydrogens is 469 g/mol. The first kappa shape index (κ1) is 22.3. The van der Waals surface area contributed by atoms with Gasteiger partial charge in [0, 0.05) is 24.2 Å². The van der Waals surface area contributed by atoms with Gasteiger partial charge in [0.1, 0.15) is 11.9 Å². The number of aryl methyl sites for hydroxylation is 1. The molecule has 0 saturated carbocycles. The van der Waals surface area contributed by atoms with Crippen LogP contribution in [0, 0.1) is 6.92 Å². The molecule has 0 radical (unpaired) electrons. The topological polar surface area (TPSA) is 105 Å². The van der Waals surface area contributed by atoms with Crippen molar-refractivity contribution in [1.82, 2.24) is 14.8 Å². The van der Waals surface area contributed by atoms with E-state index in [9.17, 15) is 31.5 Å². The molecule has 0 spiro atoms. The van der Waals surface area contributed by atoms with Gasteiger partial charge in [0.05, 0.1) is 21.4 Å². The molecule has 32 heavy (non-hydrogen) atoms. The predicted molar refractivity (Wildman–Crippen MR) is 110 cm³/mol. The van der Waals surface area contributed by atoms with Crippen molar-refractivity contribution >= 4 is 33.0 Å². The van der Waals surface area contributed by atoms with Gasteiger partial charge in [0.15, 0.2) is 9.84 Å². The molecular formula is C19H17F3N4O4S2. The molecule has 1 saturated heterocycles. The van der Waals surface area contributed by atoms with Crippen LogP contribution < -0.4 is 4.90 Å². The fraction of sp³-hybridized carbons (Fsp3) is 0.316. The largest absolute Gasteiger partial charge is 0.480 e. The summed E-state index contributed by atoms with van der Waals surface area (Å²) in [7, 11) is -4.49. The van der Waals surface area contributed by atoms with Crippen molar-refractivity contribution in [3.8, 4) is 5.13 Å². The zero-order valence-electron chi connectivity index (χ0n) is 16.5. The van der Waals surface area contributed by atoms with Gasteiger partial charge in [-0.1, -0.05) is 12.1 Å². The summed E-state index contributed by atoms with van der Waals surface area (Å²) in [5.41, 5.74) is -0.720. The van der Waals surface area contributed by atoms with Gasteiger partial charge in [-0.3, -0.25) is 0 Å². The maximum Gasteiger partial charge on any atom is 0.417 e. The van der Waals surface area contributed by atoms with Crippen molar-refractivity contribution in [2.75, 3.05) is 11.4 Å². The number of hydrogen-bond acceptors (Lipinski definition) is 7. The van der Waals surface area contributed by atoms with Gasteiger partial charge in [-0.2, -0.15) is 23.0 Å². The van der Waals surface area contributed by atoms with Crippen LogP contribution in [-0.4, -0.2) is 52.1 Å². The van der Waals surface area contributed by atoms with Crippen LogP contribution in [0.3, 0.4) is 0 Å². The molecule has 3 heterocycles. The van der Waals surface area contributed by atoms with Crippen molar-refractivity contribution in [2.45, 2.75) is 35.7 Å². The number of halogens is 3. The molecule has 4 rings (SSSR count). The molecule has 0 bridgehead atoms. The molecule has 0 aliphatic carbocycles. The van der Waals surface area contributed by atoms with E-state index in [1.54, 1.807) is 24.6 Å². The predicted octanol–water partition coefficient (Wildman–Crippen LogP) is 3.16. The lowest BCUT2D eigenvalue weighted by Gasteiger charge is -2.23. The number of hydrogen-bond donors (Lipinski definition) is 1. The number of sulfone groups is 1. The monoisotopic (exact) mass is 486 g/mol. The molecule has 13 heteroatoms. The molecule has 1 N–H and O–H groups in total. The number of aliphatic carboxylic acids is 1. The number of carboxylic acids is 1. The Balaban J connectivity index is 1.76. The maximum atomic E-state index is 13.4. The summed E-state index contributed by atoms with van der Waals surface area (Å²) >= 11 is 1.25. The Morgan fingerprint density at radius 2 is 2.00 bits per heavy atom. The second-order valence-electron chi connectivity index (χ2n) is 7.27. The summed E-state index contributed by atoms with van der Waals surface area (Å²) in [5.74, 6) is -0.969. The van der Waals surface area contributed by atoms with E-state index in [1.165, 1.54) is 27.0 Å². The third kappa shape index (κ3) is 3.86. The molecule has 1 aliphatic heterocycles. The zero-order valence-corrected chi connectivity index (χ0v) is 18.2. The molecule has 3 aromatic rings. The Kier molecular flexibility index (Phi) is 5.49. The Labute approximate surface area is 184 Å². The van der Waals surface area contributed by atoms with Crippen LogP contribution in [0.15, 0.2) is 46.8 Å². The Morgan fingerprint density at radius 3 is 2.62 bits per heavy atom. The lowest BCUT2D eigenvalue weighted by molar-refractivity contribution is -0.140. The minimum atomic E-state index is -4.87. The smallest absolute Gasteiger partial charge is 0.417 e. The number of alkyl halides is 3. The van der Waals surface area contributed by atoms with Gasteiger partial charge in [-0.15, -0.1) is 11.3 Å². The van der Waals surface area contributed by atoms with Gasteiger partial charge >= 0.3 is 12.1 Å². The highest BCUT2D eigenvalue weighted by molar-refractivity contribution is 7.92. The van der Waals surface area contributed by atoms with Crippen molar-refractivity contribution in [3.05, 3.63) is 53.2 Å². The number of carboxylic acid groups (broad SMARTS) is 1. The van der Waals surface area contributed by atoms with Crippen molar-refractivity contribution < 1.29 is 31.5 Å². The lowest BCUT2D eigenvalue weighted by Crippen LogP contribution is -2.37. The SMILES string of the molecule is Cc1cc(N2C[C@H](S(=O)(=O)c3ccccc3C(F)(F)F)C[C@H]2C(=O)O)n(-c2nccs2)n1. The molecule has 0 amide bonds. The van der Waals surface area contributed by atoms with Crippen molar-refractivity contribution in [1.29, 1.82) is 0 Å². The highest BCUT2D eigenvalue weighted by atomic mass is 32.2. The maximum absolute atomic E-state index is 13.4. The lowest BCUT2D eigenvalue weighted by atomic mass is 10.2. The quantitative estimate of drug-likeness (QED) is 0.591. The first-order chi connectivity index (χ1) is 15.0. The number of anilines is 1. The number of rotatable bonds is 5. The van der Waals surface area contributed by atoms with Crippen LogP contribution in [-0.2, 0) is 20.8 Å². The van der Waals surface area contributed by atoms with Gasteiger partial charge < -0.3 is 10.0 Å². The summed E-state index contributed by atoms with van der Waals surface area (Å²) in [6, 6.07) is 4.26. The molecule has 8 nitrogen and oxygen atoms in total. The summed E-state index contributed by atoms with van der Waals surface area (Å²) < 4.78 is 68.2. The Hall–Kier alpha value is -2.93. The van der Waals surface area contributed by atoms with Gasteiger partial charge in [0.25, 0.3) is 0 Å². The van der Waals surface area contributed by atoms with Crippen LogP contribution in [0.5, 0.6) is 0 Å². The second kappa shape index (κ2) is 7.89. The average Bonchev–Trinajstić information content (AvgIpc) is 3.46. The number of aromatic nitrogens is 3. The van der Waals surface area contributed by atoms with Gasteiger partial charge in [0.2, 0.25) is 5.13 Å². The molecule has 170 valence electrons. The van der Waals surface area contributed by atoms with Crippen molar-refractivity contribution in [3.63, 3.8) is 0 Å². The zero-order chi connectivity index (χ0) is 23.3. The molecule has 1 aromatic carbocycles. The van der Waals surface area contributed by atoms with E-state index in [-0.39, 0.29) is 13.0 Å². The molecule has 0 unspecified atom stereocenters.